The molecule has 0 atom stereocenters. The van der Waals surface area contributed by atoms with Crippen molar-refractivity contribution in [2.75, 3.05) is 12.3 Å². The zero-order valence-corrected chi connectivity index (χ0v) is 14.4. The zero-order chi connectivity index (χ0) is 16.4. The molecule has 0 amide bonds. The van der Waals surface area contributed by atoms with Crippen LogP contribution in [0.3, 0.4) is 0 Å². The molecule has 0 saturated carbocycles. The summed E-state index contributed by atoms with van der Waals surface area (Å²) in [7, 11) is 0. The average molecular weight is 353 g/mol. The van der Waals surface area contributed by atoms with Gasteiger partial charge in [0.05, 0.1) is 0 Å². The molecule has 8 heteroatoms. The Bertz CT molecular complexity index is 698. The Labute approximate surface area is 145 Å². The molecule has 0 radical (unpaired) electrons. The van der Waals surface area contributed by atoms with Crippen LogP contribution in [0.4, 0.5) is 5.95 Å². The van der Waals surface area contributed by atoms with Crippen LogP contribution in [0.5, 0.6) is 0 Å². The number of nitrogen functional groups attached to an aromatic ring is 1. The molecule has 3 rings (SSSR count). The molecule has 1 aliphatic heterocycles. The normalized spacial score (nSPS) is 14.7. The van der Waals surface area contributed by atoms with Crippen LogP contribution in [0, 0.1) is 0 Å². The zero-order valence-electron chi connectivity index (χ0n) is 12.9. The summed E-state index contributed by atoms with van der Waals surface area (Å²) >= 11 is 12.3. The van der Waals surface area contributed by atoms with Gasteiger partial charge in [-0.25, -0.2) is 19.9 Å². The van der Waals surface area contributed by atoms with Crippen LogP contribution >= 0.6 is 23.2 Å². The summed E-state index contributed by atoms with van der Waals surface area (Å²) in [5.74, 6) is 1.02. The van der Waals surface area contributed by atoms with Gasteiger partial charge in [0.15, 0.2) is 0 Å². The van der Waals surface area contributed by atoms with Gasteiger partial charge in [-0.1, -0.05) is 30.1 Å². The maximum absolute atomic E-state index is 6.14. The quantitative estimate of drug-likeness (QED) is 0.852. The van der Waals surface area contributed by atoms with Gasteiger partial charge in [0.2, 0.25) is 5.95 Å². The van der Waals surface area contributed by atoms with Crippen molar-refractivity contribution in [2.45, 2.75) is 39.3 Å². The van der Waals surface area contributed by atoms with Crippen molar-refractivity contribution in [1.82, 2.24) is 24.8 Å². The van der Waals surface area contributed by atoms with E-state index in [1.165, 1.54) is 0 Å². The van der Waals surface area contributed by atoms with E-state index in [-0.39, 0.29) is 5.95 Å². The van der Waals surface area contributed by atoms with Crippen LogP contribution in [0.15, 0.2) is 6.20 Å². The second kappa shape index (κ2) is 6.95. The fourth-order valence-electron chi connectivity index (χ4n) is 2.70. The van der Waals surface area contributed by atoms with Gasteiger partial charge in [-0.05, 0) is 6.42 Å². The maximum Gasteiger partial charge on any atom is 0.222 e. The van der Waals surface area contributed by atoms with Crippen LogP contribution in [0.25, 0.3) is 0 Å². The van der Waals surface area contributed by atoms with E-state index in [9.17, 15) is 0 Å². The van der Waals surface area contributed by atoms with Crippen LogP contribution in [-0.4, -0.2) is 31.4 Å². The van der Waals surface area contributed by atoms with E-state index in [2.05, 4.69) is 31.8 Å². The number of nitrogens with zero attached hydrogens (tertiary/aromatic N) is 5. The molecule has 0 bridgehead atoms. The lowest BCUT2D eigenvalue weighted by molar-refractivity contribution is 0.242. The largest absolute Gasteiger partial charge is 0.368 e. The Morgan fingerprint density at radius 3 is 2.65 bits per heavy atom. The first-order chi connectivity index (χ1) is 11.1. The van der Waals surface area contributed by atoms with Crippen LogP contribution in [-0.2, 0) is 25.9 Å². The minimum Gasteiger partial charge on any atom is -0.368 e. The van der Waals surface area contributed by atoms with E-state index in [1.807, 2.05) is 6.20 Å². The Kier molecular flexibility index (Phi) is 4.94. The predicted molar refractivity (Wildman–Crippen MR) is 90.3 cm³/mol. The molecule has 0 saturated heterocycles. The lowest BCUT2D eigenvalue weighted by atomic mass is 10.1. The smallest absolute Gasteiger partial charge is 0.222 e. The molecule has 0 spiro atoms. The Hall–Kier alpha value is -1.50. The van der Waals surface area contributed by atoms with E-state index in [1.54, 1.807) is 0 Å². The first-order valence-electron chi connectivity index (χ1n) is 7.60. The van der Waals surface area contributed by atoms with E-state index in [4.69, 9.17) is 28.9 Å². The topological polar surface area (TPSA) is 80.8 Å². The molecule has 122 valence electrons. The fourth-order valence-corrected chi connectivity index (χ4v) is 3.22. The van der Waals surface area contributed by atoms with E-state index < -0.39 is 0 Å². The summed E-state index contributed by atoms with van der Waals surface area (Å²) in [6, 6.07) is 0. The van der Waals surface area contributed by atoms with Crippen molar-refractivity contribution in [2.24, 2.45) is 0 Å². The molecule has 0 aromatic carbocycles. The molecular formula is C15H18Cl2N6. The number of fused-ring (bicyclic) bond motifs is 1. The molecule has 0 unspecified atom stereocenters. The van der Waals surface area contributed by atoms with E-state index in [0.717, 1.165) is 49.4 Å². The van der Waals surface area contributed by atoms with Gasteiger partial charge < -0.3 is 5.73 Å². The first-order valence-corrected chi connectivity index (χ1v) is 8.35. The monoisotopic (exact) mass is 352 g/mol. The minimum absolute atomic E-state index is 0.0876. The van der Waals surface area contributed by atoms with Gasteiger partial charge in [-0.15, -0.1) is 0 Å². The third-order valence-corrected chi connectivity index (χ3v) is 4.47. The van der Waals surface area contributed by atoms with Crippen molar-refractivity contribution < 1.29 is 0 Å². The van der Waals surface area contributed by atoms with E-state index in [0.29, 0.717) is 22.4 Å². The van der Waals surface area contributed by atoms with Gasteiger partial charge in [-0.3, -0.25) is 4.90 Å². The van der Waals surface area contributed by atoms with Gasteiger partial charge in [-0.2, -0.15) is 0 Å². The third-order valence-electron chi connectivity index (χ3n) is 3.84. The van der Waals surface area contributed by atoms with Crippen molar-refractivity contribution in [3.63, 3.8) is 0 Å². The summed E-state index contributed by atoms with van der Waals surface area (Å²) in [6.07, 6.45) is 4.80. The number of nitrogens with two attached hydrogens (primary N) is 1. The predicted octanol–water partition coefficient (Wildman–Crippen LogP) is 2.67. The number of hydrogen-bond acceptors (Lipinski definition) is 6. The van der Waals surface area contributed by atoms with Crippen LogP contribution in [0.2, 0.25) is 10.3 Å². The molecule has 6 nitrogen and oxygen atoms in total. The number of rotatable bonds is 4. The number of hydrogen-bond donors (Lipinski definition) is 1. The number of aryl methyl sites for hydroxylation is 1. The third kappa shape index (κ3) is 3.71. The number of halogens is 2. The van der Waals surface area contributed by atoms with Crippen LogP contribution < -0.4 is 5.73 Å². The first kappa shape index (κ1) is 16.4. The molecule has 2 N–H and O–H groups in total. The average Bonchev–Trinajstić information content (AvgIpc) is 2.51. The second-order valence-electron chi connectivity index (χ2n) is 5.61. The summed E-state index contributed by atoms with van der Waals surface area (Å²) in [4.78, 5) is 19.3. The lowest BCUT2D eigenvalue weighted by Crippen LogP contribution is -2.31. The molecular weight excluding hydrogens is 335 g/mol. The molecule has 0 fully saturated rings. The molecule has 3 heterocycles. The SMILES string of the molecule is CCCc1ncc2c(n1)CCN(Cc1c(Cl)nc(N)nc1Cl)C2. The molecule has 23 heavy (non-hydrogen) atoms. The Morgan fingerprint density at radius 2 is 1.96 bits per heavy atom. The van der Waals surface area contributed by atoms with Gasteiger partial charge >= 0.3 is 0 Å². The standard InChI is InChI=1S/C15H18Cl2N6/c1-2-3-12-19-6-9-7-23(5-4-11(9)20-12)8-10-13(16)21-15(18)22-14(10)17/h6H,2-5,7-8H2,1H3,(H2,18,21,22). The minimum atomic E-state index is 0.0876. The highest BCUT2D eigenvalue weighted by molar-refractivity contribution is 6.34. The highest BCUT2D eigenvalue weighted by Crippen LogP contribution is 2.26. The van der Waals surface area contributed by atoms with Crippen molar-refractivity contribution in [3.8, 4) is 0 Å². The summed E-state index contributed by atoms with van der Waals surface area (Å²) < 4.78 is 0. The summed E-state index contributed by atoms with van der Waals surface area (Å²) in [5, 5.41) is 0.616. The van der Waals surface area contributed by atoms with Gasteiger partial charge in [0.25, 0.3) is 0 Å². The molecule has 2 aromatic heterocycles. The number of anilines is 1. The lowest BCUT2D eigenvalue weighted by Gasteiger charge is -2.28. The summed E-state index contributed by atoms with van der Waals surface area (Å²) in [5.41, 5.74) is 8.54. The van der Waals surface area contributed by atoms with Crippen molar-refractivity contribution >= 4 is 29.2 Å². The van der Waals surface area contributed by atoms with Gasteiger partial charge in [0, 0.05) is 55.5 Å². The Balaban J connectivity index is 1.75. The molecule has 2 aromatic rings. The number of aromatic nitrogens is 4. The second-order valence-corrected chi connectivity index (χ2v) is 6.33. The molecule has 1 aliphatic rings. The molecule has 0 aliphatic carbocycles. The van der Waals surface area contributed by atoms with Crippen LogP contribution in [0.1, 0.15) is 36.0 Å². The van der Waals surface area contributed by atoms with Crippen molar-refractivity contribution in [1.29, 1.82) is 0 Å². The highest BCUT2D eigenvalue weighted by Gasteiger charge is 2.21. The fraction of sp³-hybridized carbons (Fsp3) is 0.467. The van der Waals surface area contributed by atoms with Crippen molar-refractivity contribution in [3.05, 3.63) is 39.1 Å². The Morgan fingerprint density at radius 1 is 1.22 bits per heavy atom. The maximum atomic E-state index is 6.14. The van der Waals surface area contributed by atoms with Gasteiger partial charge in [0.1, 0.15) is 16.1 Å². The highest BCUT2D eigenvalue weighted by atomic mass is 35.5. The summed E-state index contributed by atoms with van der Waals surface area (Å²) in [6.45, 7) is 4.35. The van der Waals surface area contributed by atoms with E-state index >= 15 is 0 Å².